The number of amides is 1. The molecule has 0 radical (unpaired) electrons. The number of hydrogen-bond donors (Lipinski definition) is 2. The van der Waals surface area contributed by atoms with Crippen molar-refractivity contribution in [3.8, 4) is 0 Å². The first-order chi connectivity index (χ1) is 10.2. The lowest BCUT2D eigenvalue weighted by Crippen LogP contribution is -2.54. The first-order valence-electron chi connectivity index (χ1n) is 8.02. The molecule has 1 aromatic rings. The van der Waals surface area contributed by atoms with Gasteiger partial charge in [0.25, 0.3) is 0 Å². The van der Waals surface area contributed by atoms with Crippen molar-refractivity contribution in [3.63, 3.8) is 0 Å². The number of likely N-dealkylation sites (N-methyl/N-ethyl adjacent to an activating group) is 1. The second kappa shape index (κ2) is 8.15. The number of rotatable bonds is 6. The summed E-state index contributed by atoms with van der Waals surface area (Å²) in [4.78, 5) is 14.1. The van der Waals surface area contributed by atoms with Gasteiger partial charge in [-0.05, 0) is 24.9 Å². The fraction of sp³-hybridized carbons (Fsp3) is 0.588. The summed E-state index contributed by atoms with van der Waals surface area (Å²) in [5.41, 5.74) is 6.77. The Morgan fingerprint density at radius 3 is 2.67 bits per heavy atom. The molecule has 1 aliphatic rings. The third kappa shape index (κ3) is 4.55. The summed E-state index contributed by atoms with van der Waals surface area (Å²) in [6.07, 6.45) is 4.64. The van der Waals surface area contributed by atoms with E-state index >= 15 is 0 Å². The van der Waals surface area contributed by atoms with Crippen molar-refractivity contribution in [2.24, 2.45) is 5.73 Å². The molecule has 0 heterocycles. The fourth-order valence-electron chi connectivity index (χ4n) is 3.26. The molecule has 3 N–H and O–H groups in total. The molecule has 0 bridgehead atoms. The Bertz CT molecular complexity index is 435. The van der Waals surface area contributed by atoms with Gasteiger partial charge in [-0.3, -0.25) is 9.69 Å². The molecule has 0 saturated heterocycles. The van der Waals surface area contributed by atoms with Crippen LogP contribution in [0.1, 0.15) is 38.2 Å². The van der Waals surface area contributed by atoms with Gasteiger partial charge in [-0.2, -0.15) is 0 Å². The first kappa shape index (κ1) is 16.0. The van der Waals surface area contributed by atoms with Crippen molar-refractivity contribution in [2.75, 3.05) is 13.1 Å². The molecule has 1 aromatic carbocycles. The van der Waals surface area contributed by atoms with Crippen molar-refractivity contribution in [3.05, 3.63) is 35.9 Å². The zero-order chi connectivity index (χ0) is 15.1. The molecule has 2 atom stereocenters. The maximum atomic E-state index is 11.6. The van der Waals surface area contributed by atoms with Crippen molar-refractivity contribution >= 4 is 5.91 Å². The SMILES string of the molecule is CCN(Cc1ccccc1)[C@@H]1CCCC[C@H]1NC(=O)CN. The van der Waals surface area contributed by atoms with Gasteiger partial charge in [-0.1, -0.05) is 50.1 Å². The highest BCUT2D eigenvalue weighted by Gasteiger charge is 2.30. The van der Waals surface area contributed by atoms with Crippen LogP contribution in [-0.2, 0) is 11.3 Å². The van der Waals surface area contributed by atoms with Crippen LogP contribution in [0, 0.1) is 0 Å². The third-order valence-electron chi connectivity index (χ3n) is 4.36. The predicted octanol–water partition coefficient (Wildman–Crippen LogP) is 1.89. The van der Waals surface area contributed by atoms with Crippen LogP contribution in [0.3, 0.4) is 0 Å². The Hall–Kier alpha value is -1.39. The lowest BCUT2D eigenvalue weighted by Gasteiger charge is -2.40. The summed E-state index contributed by atoms with van der Waals surface area (Å²) in [5, 5.41) is 3.11. The Labute approximate surface area is 127 Å². The van der Waals surface area contributed by atoms with Crippen LogP contribution in [0.2, 0.25) is 0 Å². The van der Waals surface area contributed by atoms with Crippen LogP contribution >= 0.6 is 0 Å². The molecule has 21 heavy (non-hydrogen) atoms. The third-order valence-corrected chi connectivity index (χ3v) is 4.36. The largest absolute Gasteiger partial charge is 0.351 e. The highest BCUT2D eigenvalue weighted by molar-refractivity contribution is 5.78. The van der Waals surface area contributed by atoms with Crippen molar-refractivity contribution in [1.82, 2.24) is 10.2 Å². The second-order valence-electron chi connectivity index (χ2n) is 5.78. The van der Waals surface area contributed by atoms with Crippen LogP contribution in [0.25, 0.3) is 0 Å². The summed E-state index contributed by atoms with van der Waals surface area (Å²) in [7, 11) is 0. The molecule has 116 valence electrons. The second-order valence-corrected chi connectivity index (χ2v) is 5.78. The van der Waals surface area contributed by atoms with E-state index in [9.17, 15) is 4.79 Å². The molecule has 1 amide bonds. The van der Waals surface area contributed by atoms with Crippen molar-refractivity contribution < 1.29 is 4.79 Å². The molecular weight excluding hydrogens is 262 g/mol. The molecule has 1 saturated carbocycles. The number of hydrogen-bond acceptors (Lipinski definition) is 3. The van der Waals surface area contributed by atoms with Crippen LogP contribution in [0.4, 0.5) is 0 Å². The number of carbonyl (C=O) groups is 1. The van der Waals surface area contributed by atoms with Crippen molar-refractivity contribution in [2.45, 2.75) is 51.2 Å². The minimum Gasteiger partial charge on any atom is -0.351 e. The number of carbonyl (C=O) groups excluding carboxylic acids is 1. The number of benzene rings is 1. The van der Waals surface area contributed by atoms with Gasteiger partial charge >= 0.3 is 0 Å². The van der Waals surface area contributed by atoms with Gasteiger partial charge < -0.3 is 11.1 Å². The quantitative estimate of drug-likeness (QED) is 0.841. The van der Waals surface area contributed by atoms with Crippen LogP contribution in [0.5, 0.6) is 0 Å². The number of nitrogens with zero attached hydrogens (tertiary/aromatic N) is 1. The van der Waals surface area contributed by atoms with Crippen LogP contribution < -0.4 is 11.1 Å². The summed E-state index contributed by atoms with van der Waals surface area (Å²) in [6, 6.07) is 11.2. The van der Waals surface area contributed by atoms with E-state index in [0.717, 1.165) is 25.9 Å². The highest BCUT2D eigenvalue weighted by atomic mass is 16.1. The maximum absolute atomic E-state index is 11.6. The number of nitrogens with two attached hydrogens (primary N) is 1. The summed E-state index contributed by atoms with van der Waals surface area (Å²) in [6.45, 7) is 4.21. The van der Waals surface area contributed by atoms with Gasteiger partial charge in [-0.15, -0.1) is 0 Å². The zero-order valence-corrected chi connectivity index (χ0v) is 12.9. The zero-order valence-electron chi connectivity index (χ0n) is 12.9. The molecule has 1 fully saturated rings. The Balaban J connectivity index is 2.04. The lowest BCUT2D eigenvalue weighted by molar-refractivity contribution is -0.121. The molecule has 4 heteroatoms. The van der Waals surface area contributed by atoms with E-state index in [-0.39, 0.29) is 18.5 Å². The van der Waals surface area contributed by atoms with Gasteiger partial charge in [0.15, 0.2) is 0 Å². The molecule has 4 nitrogen and oxygen atoms in total. The topological polar surface area (TPSA) is 58.4 Å². The molecular formula is C17H27N3O. The molecule has 0 aliphatic heterocycles. The molecule has 0 aromatic heterocycles. The monoisotopic (exact) mass is 289 g/mol. The average molecular weight is 289 g/mol. The normalized spacial score (nSPS) is 22.2. The summed E-state index contributed by atoms with van der Waals surface area (Å²) < 4.78 is 0. The van der Waals surface area contributed by atoms with E-state index in [2.05, 4.69) is 41.4 Å². The first-order valence-corrected chi connectivity index (χ1v) is 8.02. The average Bonchev–Trinajstić information content (AvgIpc) is 2.54. The fourth-order valence-corrected chi connectivity index (χ4v) is 3.26. The van der Waals surface area contributed by atoms with Gasteiger partial charge in [0.2, 0.25) is 5.91 Å². The highest BCUT2D eigenvalue weighted by Crippen LogP contribution is 2.24. The Kier molecular flexibility index (Phi) is 6.21. The maximum Gasteiger partial charge on any atom is 0.234 e. The summed E-state index contributed by atoms with van der Waals surface area (Å²) in [5.74, 6) is -0.0392. The van der Waals surface area contributed by atoms with Gasteiger partial charge in [0, 0.05) is 18.6 Å². The predicted molar refractivity (Wildman–Crippen MR) is 85.8 cm³/mol. The Morgan fingerprint density at radius 1 is 1.29 bits per heavy atom. The van der Waals surface area contributed by atoms with Gasteiger partial charge in [0.05, 0.1) is 6.54 Å². The standard InChI is InChI=1S/C17H27N3O/c1-2-20(13-14-8-4-3-5-9-14)16-11-7-6-10-15(16)19-17(21)12-18/h3-5,8-9,15-16H,2,6-7,10-13,18H2,1H3,(H,19,21)/t15-,16-/m1/s1. The van der Waals surface area contributed by atoms with Crippen LogP contribution in [0.15, 0.2) is 30.3 Å². The van der Waals surface area contributed by atoms with E-state index < -0.39 is 0 Å². The van der Waals surface area contributed by atoms with E-state index in [1.807, 2.05) is 6.07 Å². The van der Waals surface area contributed by atoms with Crippen molar-refractivity contribution in [1.29, 1.82) is 0 Å². The molecule has 1 aliphatic carbocycles. The van der Waals surface area contributed by atoms with Crippen LogP contribution in [-0.4, -0.2) is 36.0 Å². The van der Waals surface area contributed by atoms with E-state index in [0.29, 0.717) is 6.04 Å². The minimum absolute atomic E-state index is 0.0392. The Morgan fingerprint density at radius 2 is 2.00 bits per heavy atom. The number of nitrogens with one attached hydrogen (secondary N) is 1. The molecule has 2 rings (SSSR count). The van der Waals surface area contributed by atoms with Gasteiger partial charge in [-0.25, -0.2) is 0 Å². The minimum atomic E-state index is -0.0392. The van der Waals surface area contributed by atoms with E-state index in [4.69, 9.17) is 5.73 Å². The summed E-state index contributed by atoms with van der Waals surface area (Å²) >= 11 is 0. The molecule has 0 spiro atoms. The van der Waals surface area contributed by atoms with Gasteiger partial charge in [0.1, 0.15) is 0 Å². The van der Waals surface area contributed by atoms with E-state index in [1.165, 1.54) is 18.4 Å². The van der Waals surface area contributed by atoms with E-state index in [1.54, 1.807) is 0 Å². The smallest absolute Gasteiger partial charge is 0.234 e. The lowest BCUT2D eigenvalue weighted by atomic mass is 9.88. The molecule has 0 unspecified atom stereocenters.